The lowest BCUT2D eigenvalue weighted by Gasteiger charge is -2.34. The second-order valence-electron chi connectivity index (χ2n) is 7.48. The summed E-state index contributed by atoms with van der Waals surface area (Å²) in [5, 5.41) is 2.61. The smallest absolute Gasteiger partial charge is 0.279 e. The van der Waals surface area contributed by atoms with Gasteiger partial charge in [-0.25, -0.2) is 12.8 Å². The zero-order valence-corrected chi connectivity index (χ0v) is 17.4. The zero-order chi connectivity index (χ0) is 20.9. The van der Waals surface area contributed by atoms with Crippen molar-refractivity contribution < 1.29 is 27.3 Å². The third kappa shape index (κ3) is 6.27. The van der Waals surface area contributed by atoms with Gasteiger partial charge in [0.1, 0.15) is 5.82 Å². The molecule has 1 aliphatic heterocycles. The largest absolute Gasteiger partial charge is 0.331 e. The Kier molecular flexibility index (Phi) is 7.54. The first kappa shape index (κ1) is 22.3. The van der Waals surface area contributed by atoms with Crippen LogP contribution in [0.3, 0.4) is 0 Å². The number of likely N-dealkylation sites (N-methyl/N-ethyl adjacent to an activating group) is 1. The van der Waals surface area contributed by atoms with Crippen LogP contribution in [-0.4, -0.2) is 68.9 Å². The first-order valence-corrected chi connectivity index (χ1v) is 11.3. The second-order valence-corrected chi connectivity index (χ2v) is 9.71. The van der Waals surface area contributed by atoms with Gasteiger partial charge < -0.3 is 15.1 Å². The predicted molar refractivity (Wildman–Crippen MR) is 105 cm³/mol. The van der Waals surface area contributed by atoms with Crippen LogP contribution in [0.15, 0.2) is 24.3 Å². The van der Waals surface area contributed by atoms with Crippen molar-refractivity contribution in [1.82, 2.24) is 4.90 Å². The highest BCUT2D eigenvalue weighted by molar-refractivity contribution is 7.91. The van der Waals surface area contributed by atoms with E-state index in [0.29, 0.717) is 17.0 Å². The van der Waals surface area contributed by atoms with E-state index >= 15 is 0 Å². The summed E-state index contributed by atoms with van der Waals surface area (Å²) in [6.45, 7) is 3.99. The van der Waals surface area contributed by atoms with Crippen molar-refractivity contribution in [3.8, 4) is 0 Å². The summed E-state index contributed by atoms with van der Waals surface area (Å²) in [6, 6.07) is 5.24. The lowest BCUT2D eigenvalue weighted by Crippen LogP contribution is -3.11. The van der Waals surface area contributed by atoms with Gasteiger partial charge in [0, 0.05) is 17.8 Å². The quantitative estimate of drug-likeness (QED) is 0.631. The van der Waals surface area contributed by atoms with E-state index in [1.165, 1.54) is 18.2 Å². The first-order valence-electron chi connectivity index (χ1n) is 9.49. The Morgan fingerprint density at radius 2 is 2.07 bits per heavy atom. The van der Waals surface area contributed by atoms with Crippen LogP contribution in [0.25, 0.3) is 0 Å². The Morgan fingerprint density at radius 3 is 2.64 bits per heavy atom. The van der Waals surface area contributed by atoms with E-state index < -0.39 is 15.7 Å². The van der Waals surface area contributed by atoms with E-state index in [-0.39, 0.29) is 48.5 Å². The predicted octanol–water partition coefficient (Wildman–Crippen LogP) is 0.0931. The number of rotatable bonds is 8. The minimum Gasteiger partial charge on any atom is -0.331 e. The molecular weight excluding hydrogens is 385 g/mol. The van der Waals surface area contributed by atoms with Crippen LogP contribution in [-0.2, 0) is 19.4 Å². The molecule has 1 unspecified atom stereocenters. The molecule has 0 aromatic heterocycles. The van der Waals surface area contributed by atoms with Gasteiger partial charge in [-0.2, -0.15) is 0 Å². The molecule has 7 nitrogen and oxygen atoms in total. The lowest BCUT2D eigenvalue weighted by atomic mass is 10.1. The SMILES string of the molecule is CC[C@H](C)N(C(=O)C[NH+](C)CC(=O)Nc1cccc(F)c1)[C@H]1CCS(=O)(=O)C1. The van der Waals surface area contributed by atoms with E-state index in [9.17, 15) is 22.4 Å². The molecular formula is C19H29FN3O4S+. The Labute approximate surface area is 165 Å². The van der Waals surface area contributed by atoms with Crippen molar-refractivity contribution in [2.75, 3.05) is 37.0 Å². The van der Waals surface area contributed by atoms with Crippen LogP contribution in [0.4, 0.5) is 10.1 Å². The van der Waals surface area contributed by atoms with Gasteiger partial charge in [0.15, 0.2) is 22.9 Å². The van der Waals surface area contributed by atoms with E-state index in [4.69, 9.17) is 0 Å². The molecule has 1 fully saturated rings. The first-order chi connectivity index (χ1) is 13.1. The van der Waals surface area contributed by atoms with Crippen molar-refractivity contribution in [3.63, 3.8) is 0 Å². The third-order valence-electron chi connectivity index (χ3n) is 4.98. The summed E-state index contributed by atoms with van der Waals surface area (Å²) in [5.41, 5.74) is 0.363. The monoisotopic (exact) mass is 414 g/mol. The molecule has 1 heterocycles. The third-order valence-corrected chi connectivity index (χ3v) is 6.73. The highest BCUT2D eigenvalue weighted by atomic mass is 32.2. The molecule has 0 bridgehead atoms. The molecule has 1 aliphatic rings. The summed E-state index contributed by atoms with van der Waals surface area (Å²) in [6.07, 6.45) is 1.18. The van der Waals surface area contributed by atoms with Crippen molar-refractivity contribution in [2.24, 2.45) is 0 Å². The van der Waals surface area contributed by atoms with Crippen molar-refractivity contribution in [3.05, 3.63) is 30.1 Å². The van der Waals surface area contributed by atoms with E-state index in [1.807, 2.05) is 13.8 Å². The van der Waals surface area contributed by atoms with Gasteiger partial charge in [-0.15, -0.1) is 0 Å². The number of halogens is 1. The van der Waals surface area contributed by atoms with Gasteiger partial charge in [-0.3, -0.25) is 9.59 Å². The Balaban J connectivity index is 1.95. The number of nitrogens with zero attached hydrogens (tertiary/aromatic N) is 1. The van der Waals surface area contributed by atoms with E-state index in [0.717, 1.165) is 6.42 Å². The minimum atomic E-state index is -3.10. The Morgan fingerprint density at radius 1 is 1.36 bits per heavy atom. The average molecular weight is 415 g/mol. The van der Waals surface area contributed by atoms with Gasteiger partial charge in [-0.05, 0) is 38.0 Å². The Hall–Kier alpha value is -2.00. The molecule has 0 spiro atoms. The molecule has 2 N–H and O–H groups in total. The van der Waals surface area contributed by atoms with E-state index in [1.54, 1.807) is 18.0 Å². The number of carbonyl (C=O) groups is 2. The second kappa shape index (κ2) is 9.47. The number of amides is 2. The van der Waals surface area contributed by atoms with Crippen molar-refractivity contribution >= 4 is 27.3 Å². The highest BCUT2D eigenvalue weighted by Crippen LogP contribution is 2.21. The molecule has 9 heteroatoms. The molecule has 3 atom stereocenters. The molecule has 0 saturated carbocycles. The summed E-state index contributed by atoms with van der Waals surface area (Å²) < 4.78 is 36.8. The lowest BCUT2D eigenvalue weighted by molar-refractivity contribution is -0.862. The minimum absolute atomic E-state index is 0.00217. The Bertz CT molecular complexity index is 815. The maximum Gasteiger partial charge on any atom is 0.279 e. The normalized spacial score (nSPS) is 20.4. The van der Waals surface area contributed by atoms with Crippen molar-refractivity contribution in [2.45, 2.75) is 38.8 Å². The number of hydrogen-bond acceptors (Lipinski definition) is 4. The fraction of sp³-hybridized carbons (Fsp3) is 0.579. The molecule has 1 aromatic carbocycles. The van der Waals surface area contributed by atoms with Crippen LogP contribution in [0, 0.1) is 5.82 Å². The molecule has 2 amide bonds. The fourth-order valence-electron chi connectivity index (χ4n) is 3.46. The summed E-state index contributed by atoms with van der Waals surface area (Å²) >= 11 is 0. The van der Waals surface area contributed by atoms with Crippen LogP contribution < -0.4 is 10.2 Å². The van der Waals surface area contributed by atoms with Gasteiger partial charge in [0.25, 0.3) is 11.8 Å². The number of sulfone groups is 1. The topological polar surface area (TPSA) is 88.0 Å². The number of nitrogens with one attached hydrogen (secondary N) is 2. The van der Waals surface area contributed by atoms with Gasteiger partial charge >= 0.3 is 0 Å². The maximum atomic E-state index is 13.2. The molecule has 28 heavy (non-hydrogen) atoms. The van der Waals surface area contributed by atoms with Crippen molar-refractivity contribution in [1.29, 1.82) is 0 Å². The maximum absolute atomic E-state index is 13.2. The highest BCUT2D eigenvalue weighted by Gasteiger charge is 2.37. The number of benzene rings is 1. The molecule has 1 aromatic rings. The van der Waals surface area contributed by atoms with E-state index in [2.05, 4.69) is 5.32 Å². The van der Waals surface area contributed by atoms with Crippen LogP contribution in [0.1, 0.15) is 26.7 Å². The summed E-state index contributed by atoms with van der Waals surface area (Å²) in [5.74, 6) is -0.815. The standard InChI is InChI=1S/C19H28FN3O4S/c1-4-14(2)23(17-8-9-28(26,27)13-17)19(25)12-22(3)11-18(24)21-16-7-5-6-15(20)10-16/h5-7,10,14,17H,4,8-9,11-13H2,1-3H3,(H,21,24)/p+1/t14-,17-/m0/s1. The van der Waals surface area contributed by atoms with Crippen LogP contribution >= 0.6 is 0 Å². The van der Waals surface area contributed by atoms with Gasteiger partial charge in [0.05, 0.1) is 18.6 Å². The van der Waals surface area contributed by atoms with Gasteiger partial charge in [0.2, 0.25) is 0 Å². The average Bonchev–Trinajstić information content (AvgIpc) is 2.93. The zero-order valence-electron chi connectivity index (χ0n) is 16.6. The number of carbonyl (C=O) groups excluding carboxylic acids is 2. The van der Waals surface area contributed by atoms with Crippen LogP contribution in [0.5, 0.6) is 0 Å². The summed E-state index contributed by atoms with van der Waals surface area (Å²) in [4.78, 5) is 27.4. The molecule has 156 valence electrons. The van der Waals surface area contributed by atoms with Crippen LogP contribution in [0.2, 0.25) is 0 Å². The molecule has 0 radical (unpaired) electrons. The summed E-state index contributed by atoms with van der Waals surface area (Å²) in [7, 11) is -1.37. The number of hydrogen-bond donors (Lipinski definition) is 2. The molecule has 1 saturated heterocycles. The number of anilines is 1. The molecule has 0 aliphatic carbocycles. The van der Waals surface area contributed by atoms with Gasteiger partial charge in [-0.1, -0.05) is 13.0 Å². The number of quaternary nitrogens is 1. The molecule has 2 rings (SSSR count). The fourth-order valence-corrected chi connectivity index (χ4v) is 5.17.